The van der Waals surface area contributed by atoms with Crippen molar-refractivity contribution in [3.8, 4) is 0 Å². The minimum atomic E-state index is 0.775. The Bertz CT molecular complexity index is 134. The van der Waals surface area contributed by atoms with Crippen LogP contribution < -0.4 is 5.73 Å². The first-order valence-electron chi connectivity index (χ1n) is 2.39. The highest BCUT2D eigenvalue weighted by Crippen LogP contribution is 2.08. The van der Waals surface area contributed by atoms with Crippen LogP contribution in [-0.4, -0.2) is 0 Å². The van der Waals surface area contributed by atoms with E-state index in [1.54, 1.807) is 11.3 Å². The van der Waals surface area contributed by atoms with Gasteiger partial charge in [0.15, 0.2) is 0 Å². The van der Waals surface area contributed by atoms with Gasteiger partial charge in [-0.25, -0.2) is 0 Å². The molecular formula is C6H7NS. The maximum atomic E-state index is 5.08. The van der Waals surface area contributed by atoms with Crippen LogP contribution >= 0.6 is 11.3 Å². The summed E-state index contributed by atoms with van der Waals surface area (Å²) < 4.78 is 0. The van der Waals surface area contributed by atoms with Crippen molar-refractivity contribution in [1.82, 2.24) is 0 Å². The van der Waals surface area contributed by atoms with E-state index >= 15 is 0 Å². The second kappa shape index (κ2) is 2.84. The first kappa shape index (κ1) is 5.79. The molecule has 0 saturated carbocycles. The minimum absolute atomic E-state index is 0.775. The van der Waals surface area contributed by atoms with Crippen molar-refractivity contribution in [2.45, 2.75) is 6.42 Å². The average Bonchev–Trinajstić information content (AvgIpc) is 2.19. The third kappa shape index (κ3) is 1.32. The Morgan fingerprint density at radius 3 is 3.12 bits per heavy atom. The zero-order chi connectivity index (χ0) is 5.82. The van der Waals surface area contributed by atoms with E-state index in [9.17, 15) is 0 Å². The number of rotatable bonds is 2. The van der Waals surface area contributed by atoms with E-state index in [4.69, 9.17) is 5.73 Å². The highest BCUT2D eigenvalue weighted by atomic mass is 32.1. The van der Waals surface area contributed by atoms with Crippen molar-refractivity contribution in [3.63, 3.8) is 0 Å². The van der Waals surface area contributed by atoms with Gasteiger partial charge >= 0.3 is 0 Å². The molecule has 2 radical (unpaired) electrons. The molecule has 0 fully saturated rings. The molecule has 0 spiro atoms. The highest BCUT2D eigenvalue weighted by molar-refractivity contribution is 7.09. The van der Waals surface area contributed by atoms with Gasteiger partial charge in [-0.15, -0.1) is 11.3 Å². The van der Waals surface area contributed by atoms with Gasteiger partial charge in [0.25, 0.3) is 0 Å². The first-order valence-corrected chi connectivity index (χ1v) is 3.27. The van der Waals surface area contributed by atoms with Crippen LogP contribution in [-0.2, 0) is 6.42 Å². The van der Waals surface area contributed by atoms with E-state index in [0.29, 0.717) is 0 Å². The minimum Gasteiger partial charge on any atom is -0.322 e. The third-order valence-electron chi connectivity index (χ3n) is 0.856. The Kier molecular flexibility index (Phi) is 2.06. The van der Waals surface area contributed by atoms with Gasteiger partial charge in [0.1, 0.15) is 0 Å². The smallest absolute Gasteiger partial charge is 0.0612 e. The lowest BCUT2D eigenvalue weighted by molar-refractivity contribution is 1.14. The summed E-state index contributed by atoms with van der Waals surface area (Å²) >= 11 is 1.70. The van der Waals surface area contributed by atoms with E-state index < -0.39 is 0 Å². The van der Waals surface area contributed by atoms with Crippen molar-refractivity contribution >= 4 is 11.3 Å². The predicted octanol–water partition coefficient (Wildman–Crippen LogP) is 1.29. The molecular weight excluding hydrogens is 118 g/mol. The Morgan fingerprint density at radius 1 is 1.75 bits per heavy atom. The van der Waals surface area contributed by atoms with Crippen molar-refractivity contribution in [3.05, 3.63) is 28.9 Å². The molecule has 1 rings (SSSR count). The van der Waals surface area contributed by atoms with Gasteiger partial charge in [-0.05, 0) is 11.4 Å². The fourth-order valence-electron chi connectivity index (χ4n) is 0.514. The molecule has 0 aromatic carbocycles. The van der Waals surface area contributed by atoms with Crippen LogP contribution in [0.4, 0.5) is 0 Å². The van der Waals surface area contributed by atoms with Gasteiger partial charge in [-0.2, -0.15) is 0 Å². The molecule has 2 heteroatoms. The van der Waals surface area contributed by atoms with Crippen LogP contribution in [0.5, 0.6) is 0 Å². The van der Waals surface area contributed by atoms with E-state index in [0.717, 1.165) is 6.42 Å². The maximum absolute atomic E-state index is 5.08. The molecule has 8 heavy (non-hydrogen) atoms. The first-order chi connectivity index (χ1) is 3.93. The highest BCUT2D eigenvalue weighted by Gasteiger charge is 1.88. The normalized spacial score (nSPS) is 9.62. The predicted molar refractivity (Wildman–Crippen MR) is 35.5 cm³/mol. The SMILES string of the molecule is N[C]Cc1cccs1. The number of hydrogen-bond donors (Lipinski definition) is 1. The Hall–Kier alpha value is -0.340. The Labute approximate surface area is 53.1 Å². The number of thiophene rings is 1. The Morgan fingerprint density at radius 2 is 2.62 bits per heavy atom. The average molecular weight is 125 g/mol. The molecule has 1 aromatic heterocycles. The van der Waals surface area contributed by atoms with Gasteiger partial charge in [-0.1, -0.05) is 6.07 Å². The van der Waals surface area contributed by atoms with E-state index in [1.807, 2.05) is 17.5 Å². The largest absolute Gasteiger partial charge is 0.322 e. The molecule has 0 bridgehead atoms. The van der Waals surface area contributed by atoms with Crippen molar-refractivity contribution in [2.75, 3.05) is 0 Å². The van der Waals surface area contributed by atoms with Crippen LogP contribution in [0.3, 0.4) is 0 Å². The van der Waals surface area contributed by atoms with E-state index in [-0.39, 0.29) is 0 Å². The summed E-state index contributed by atoms with van der Waals surface area (Å²) in [4.78, 5) is 1.27. The lowest BCUT2D eigenvalue weighted by Crippen LogP contribution is -1.91. The molecule has 0 atom stereocenters. The topological polar surface area (TPSA) is 26.0 Å². The maximum Gasteiger partial charge on any atom is 0.0612 e. The molecule has 0 saturated heterocycles. The molecule has 0 aliphatic heterocycles. The molecule has 0 amide bonds. The molecule has 42 valence electrons. The lowest BCUT2D eigenvalue weighted by Gasteiger charge is -1.84. The van der Waals surface area contributed by atoms with Gasteiger partial charge in [0.05, 0.1) is 6.54 Å². The zero-order valence-electron chi connectivity index (χ0n) is 4.42. The summed E-state index contributed by atoms with van der Waals surface area (Å²) in [6.07, 6.45) is 0.775. The monoisotopic (exact) mass is 125 g/mol. The van der Waals surface area contributed by atoms with Gasteiger partial charge in [-0.3, -0.25) is 0 Å². The molecule has 1 nitrogen and oxygen atoms in total. The molecule has 0 aliphatic rings. The summed E-state index contributed by atoms with van der Waals surface area (Å²) in [6, 6.07) is 4.06. The van der Waals surface area contributed by atoms with Crippen molar-refractivity contribution < 1.29 is 0 Å². The van der Waals surface area contributed by atoms with Gasteiger partial charge in [0, 0.05) is 11.3 Å². The number of nitrogens with two attached hydrogens (primary N) is 1. The third-order valence-corrected chi connectivity index (χ3v) is 1.73. The van der Waals surface area contributed by atoms with Crippen LogP contribution in [0.2, 0.25) is 0 Å². The van der Waals surface area contributed by atoms with Crippen LogP contribution in [0, 0.1) is 6.54 Å². The molecule has 1 heterocycles. The summed E-state index contributed by atoms with van der Waals surface area (Å²) in [5, 5.41) is 2.03. The van der Waals surface area contributed by atoms with Crippen molar-refractivity contribution in [2.24, 2.45) is 5.73 Å². The Balaban J connectivity index is 2.50. The summed E-state index contributed by atoms with van der Waals surface area (Å²) in [6.45, 7) is 2.58. The molecule has 1 aromatic rings. The molecule has 0 aliphatic carbocycles. The van der Waals surface area contributed by atoms with Crippen molar-refractivity contribution in [1.29, 1.82) is 0 Å². The summed E-state index contributed by atoms with van der Waals surface area (Å²) in [5.41, 5.74) is 5.08. The fourth-order valence-corrected chi connectivity index (χ4v) is 1.17. The van der Waals surface area contributed by atoms with Crippen LogP contribution in [0.1, 0.15) is 4.88 Å². The summed E-state index contributed by atoms with van der Waals surface area (Å²) in [5.74, 6) is 0. The number of hydrogen-bond acceptors (Lipinski definition) is 2. The summed E-state index contributed by atoms with van der Waals surface area (Å²) in [7, 11) is 0. The second-order valence-corrected chi connectivity index (χ2v) is 2.49. The van der Waals surface area contributed by atoms with Crippen LogP contribution in [0.15, 0.2) is 17.5 Å². The standard InChI is InChI=1S/C6H7NS/c7-4-3-6-2-1-5-8-6/h1-2,5H,3,7H2. The van der Waals surface area contributed by atoms with Crippen LogP contribution in [0.25, 0.3) is 0 Å². The molecule has 2 N–H and O–H groups in total. The quantitative estimate of drug-likeness (QED) is 0.592. The van der Waals surface area contributed by atoms with Gasteiger partial charge in [0.2, 0.25) is 0 Å². The fraction of sp³-hybridized carbons (Fsp3) is 0.167. The molecule has 0 unspecified atom stereocenters. The van der Waals surface area contributed by atoms with E-state index in [1.165, 1.54) is 4.88 Å². The van der Waals surface area contributed by atoms with E-state index in [2.05, 4.69) is 6.54 Å². The lowest BCUT2D eigenvalue weighted by atomic mass is 10.3. The van der Waals surface area contributed by atoms with Gasteiger partial charge < -0.3 is 5.73 Å². The zero-order valence-corrected chi connectivity index (χ0v) is 5.24. The second-order valence-electron chi connectivity index (χ2n) is 1.46.